The summed E-state index contributed by atoms with van der Waals surface area (Å²) >= 11 is 0. The molecule has 1 unspecified atom stereocenters. The largest absolute Gasteiger partial charge is 0.336 e. The topological polar surface area (TPSA) is 51.0 Å². The van der Waals surface area contributed by atoms with Gasteiger partial charge in [-0.05, 0) is 56.7 Å². The molecular formula is C23H28N4O. The Morgan fingerprint density at radius 2 is 2.07 bits per heavy atom. The smallest absolute Gasteiger partial charge is 0.254 e. The Labute approximate surface area is 166 Å². The monoisotopic (exact) mass is 376 g/mol. The third kappa shape index (κ3) is 3.19. The summed E-state index contributed by atoms with van der Waals surface area (Å²) in [6.45, 7) is 7.19. The number of benzene rings is 1. The Morgan fingerprint density at radius 1 is 1.25 bits per heavy atom. The molecule has 3 heterocycles. The number of hydrogen-bond donors (Lipinski definition) is 0. The van der Waals surface area contributed by atoms with Gasteiger partial charge in [0.05, 0.1) is 23.0 Å². The summed E-state index contributed by atoms with van der Waals surface area (Å²) in [6.07, 6.45) is 8.14. The molecule has 1 aliphatic rings. The molecule has 1 saturated heterocycles. The highest BCUT2D eigenvalue weighted by Crippen LogP contribution is 2.30. The van der Waals surface area contributed by atoms with E-state index in [2.05, 4.69) is 42.9 Å². The number of likely N-dealkylation sites (tertiary alicyclic amines) is 1. The maximum absolute atomic E-state index is 13.6. The summed E-state index contributed by atoms with van der Waals surface area (Å²) in [6, 6.07) is 6.43. The lowest BCUT2D eigenvalue weighted by Gasteiger charge is -2.35. The SMILES string of the molecule is CCC1CCCCN1C(=O)c1cc(-c2cnn(C)c2)nc2c(C)c(C)ccc12. The lowest BCUT2D eigenvalue weighted by molar-refractivity contribution is 0.0610. The van der Waals surface area contributed by atoms with Crippen molar-refractivity contribution in [2.75, 3.05) is 6.54 Å². The fourth-order valence-electron chi connectivity index (χ4n) is 4.26. The van der Waals surface area contributed by atoms with Crippen molar-refractivity contribution < 1.29 is 4.79 Å². The first-order valence-electron chi connectivity index (χ1n) is 10.2. The van der Waals surface area contributed by atoms with Crippen LogP contribution in [0.2, 0.25) is 0 Å². The van der Waals surface area contributed by atoms with Crippen LogP contribution < -0.4 is 0 Å². The van der Waals surface area contributed by atoms with Crippen LogP contribution in [0.5, 0.6) is 0 Å². The number of pyridine rings is 1. The molecule has 1 amide bonds. The van der Waals surface area contributed by atoms with Gasteiger partial charge in [-0.25, -0.2) is 4.98 Å². The second-order valence-corrected chi connectivity index (χ2v) is 7.92. The highest BCUT2D eigenvalue weighted by molar-refractivity contribution is 6.08. The van der Waals surface area contributed by atoms with Crippen LogP contribution in [0, 0.1) is 13.8 Å². The zero-order chi connectivity index (χ0) is 19.8. The zero-order valence-corrected chi connectivity index (χ0v) is 17.2. The van der Waals surface area contributed by atoms with Crippen molar-refractivity contribution in [3.05, 3.63) is 47.3 Å². The maximum atomic E-state index is 13.6. The highest BCUT2D eigenvalue weighted by Gasteiger charge is 2.28. The van der Waals surface area contributed by atoms with Gasteiger partial charge in [0.15, 0.2) is 0 Å². The molecule has 1 fully saturated rings. The zero-order valence-electron chi connectivity index (χ0n) is 17.2. The summed E-state index contributed by atoms with van der Waals surface area (Å²) in [7, 11) is 1.89. The minimum Gasteiger partial charge on any atom is -0.336 e. The van der Waals surface area contributed by atoms with E-state index in [0.29, 0.717) is 6.04 Å². The molecule has 1 aliphatic heterocycles. The number of aryl methyl sites for hydroxylation is 3. The first-order valence-corrected chi connectivity index (χ1v) is 10.2. The molecule has 1 aromatic carbocycles. The minimum atomic E-state index is 0.132. The van der Waals surface area contributed by atoms with Gasteiger partial charge in [0, 0.05) is 36.8 Å². The molecule has 0 radical (unpaired) electrons. The van der Waals surface area contributed by atoms with Crippen LogP contribution in [0.4, 0.5) is 0 Å². The number of carbonyl (C=O) groups is 1. The van der Waals surface area contributed by atoms with Crippen molar-refractivity contribution in [3.63, 3.8) is 0 Å². The number of rotatable bonds is 3. The third-order valence-electron chi connectivity index (χ3n) is 6.10. The van der Waals surface area contributed by atoms with Gasteiger partial charge in [0.25, 0.3) is 5.91 Å². The molecule has 5 heteroatoms. The Hall–Kier alpha value is -2.69. The molecule has 0 N–H and O–H groups in total. The van der Waals surface area contributed by atoms with Crippen LogP contribution >= 0.6 is 0 Å². The Kier molecular flexibility index (Phi) is 4.92. The van der Waals surface area contributed by atoms with Crippen LogP contribution in [0.3, 0.4) is 0 Å². The van der Waals surface area contributed by atoms with E-state index >= 15 is 0 Å². The predicted octanol–water partition coefficient (Wildman–Crippen LogP) is 4.66. The van der Waals surface area contributed by atoms with Gasteiger partial charge in [-0.15, -0.1) is 0 Å². The number of nitrogens with zero attached hydrogens (tertiary/aromatic N) is 4. The van der Waals surface area contributed by atoms with Crippen molar-refractivity contribution in [1.82, 2.24) is 19.7 Å². The van der Waals surface area contributed by atoms with E-state index in [1.54, 1.807) is 4.68 Å². The second kappa shape index (κ2) is 7.38. The van der Waals surface area contributed by atoms with Gasteiger partial charge in [0.1, 0.15) is 0 Å². The van der Waals surface area contributed by atoms with Crippen LogP contribution in [-0.2, 0) is 7.05 Å². The summed E-state index contributed by atoms with van der Waals surface area (Å²) in [5.41, 5.74) is 5.73. The van der Waals surface area contributed by atoms with Crippen molar-refractivity contribution >= 4 is 16.8 Å². The van der Waals surface area contributed by atoms with E-state index in [1.807, 2.05) is 25.5 Å². The summed E-state index contributed by atoms with van der Waals surface area (Å²) < 4.78 is 1.77. The van der Waals surface area contributed by atoms with Crippen LogP contribution in [0.25, 0.3) is 22.2 Å². The number of aromatic nitrogens is 3. The lowest BCUT2D eigenvalue weighted by Crippen LogP contribution is -2.43. The number of amides is 1. The normalized spacial score (nSPS) is 17.3. The standard InChI is InChI=1S/C23H28N4O/c1-5-18-8-6-7-11-27(18)23(28)20-12-21(17-13-24-26(4)14-17)25-22-16(3)15(2)9-10-19(20)22/h9-10,12-14,18H,5-8,11H2,1-4H3. The molecular weight excluding hydrogens is 348 g/mol. The minimum absolute atomic E-state index is 0.132. The van der Waals surface area contributed by atoms with E-state index in [9.17, 15) is 4.79 Å². The molecule has 4 rings (SSSR count). The molecule has 3 aromatic rings. The number of fused-ring (bicyclic) bond motifs is 1. The molecule has 146 valence electrons. The van der Waals surface area contributed by atoms with E-state index in [4.69, 9.17) is 4.98 Å². The molecule has 2 aromatic heterocycles. The van der Waals surface area contributed by atoms with Crippen molar-refractivity contribution in [3.8, 4) is 11.3 Å². The van der Waals surface area contributed by atoms with Crippen molar-refractivity contribution in [1.29, 1.82) is 0 Å². The van der Waals surface area contributed by atoms with E-state index in [1.165, 1.54) is 12.0 Å². The van der Waals surface area contributed by atoms with Crippen molar-refractivity contribution in [2.45, 2.75) is 52.5 Å². The third-order valence-corrected chi connectivity index (χ3v) is 6.10. The average molecular weight is 377 g/mol. The Bertz CT molecular complexity index is 1040. The van der Waals surface area contributed by atoms with Gasteiger partial charge < -0.3 is 4.90 Å². The first-order chi connectivity index (χ1) is 13.5. The molecule has 1 atom stereocenters. The quantitative estimate of drug-likeness (QED) is 0.668. The number of piperidine rings is 1. The van der Waals surface area contributed by atoms with Crippen LogP contribution in [-0.4, -0.2) is 38.2 Å². The summed E-state index contributed by atoms with van der Waals surface area (Å²) in [5.74, 6) is 0.132. The fourth-order valence-corrected chi connectivity index (χ4v) is 4.26. The molecule has 0 aliphatic carbocycles. The predicted molar refractivity (Wildman–Crippen MR) is 112 cm³/mol. The van der Waals surface area contributed by atoms with Crippen LogP contribution in [0.15, 0.2) is 30.6 Å². The van der Waals surface area contributed by atoms with E-state index < -0.39 is 0 Å². The lowest BCUT2D eigenvalue weighted by atomic mass is 9.96. The van der Waals surface area contributed by atoms with Gasteiger partial charge in [-0.1, -0.05) is 19.1 Å². The highest BCUT2D eigenvalue weighted by atomic mass is 16.2. The first kappa shape index (κ1) is 18.7. The van der Waals surface area contributed by atoms with E-state index in [-0.39, 0.29) is 5.91 Å². The van der Waals surface area contributed by atoms with Crippen LogP contribution in [0.1, 0.15) is 54.1 Å². The van der Waals surface area contributed by atoms with Crippen molar-refractivity contribution in [2.24, 2.45) is 7.05 Å². The summed E-state index contributed by atoms with van der Waals surface area (Å²) in [4.78, 5) is 20.7. The Morgan fingerprint density at radius 3 is 2.79 bits per heavy atom. The number of hydrogen-bond acceptors (Lipinski definition) is 3. The second-order valence-electron chi connectivity index (χ2n) is 7.92. The maximum Gasteiger partial charge on any atom is 0.254 e. The molecule has 5 nitrogen and oxygen atoms in total. The molecule has 0 bridgehead atoms. The average Bonchev–Trinajstić information content (AvgIpc) is 3.16. The Balaban J connectivity index is 1.90. The number of carbonyl (C=O) groups excluding carboxylic acids is 1. The van der Waals surface area contributed by atoms with Gasteiger partial charge in [0.2, 0.25) is 0 Å². The van der Waals surface area contributed by atoms with Gasteiger partial charge in [-0.3, -0.25) is 9.48 Å². The van der Waals surface area contributed by atoms with Gasteiger partial charge >= 0.3 is 0 Å². The molecule has 0 saturated carbocycles. The van der Waals surface area contributed by atoms with E-state index in [0.717, 1.165) is 59.1 Å². The molecule has 28 heavy (non-hydrogen) atoms. The van der Waals surface area contributed by atoms with Gasteiger partial charge in [-0.2, -0.15) is 5.10 Å². The summed E-state index contributed by atoms with van der Waals surface area (Å²) in [5, 5.41) is 5.23. The fraction of sp³-hybridized carbons (Fsp3) is 0.435. The molecule has 0 spiro atoms.